The van der Waals surface area contributed by atoms with E-state index >= 15 is 0 Å². The van der Waals surface area contributed by atoms with Crippen molar-refractivity contribution in [2.45, 2.75) is 51.9 Å². The monoisotopic (exact) mass is 535 g/mol. The number of rotatable bonds is 9. The Bertz CT molecular complexity index is 1510. The van der Waals surface area contributed by atoms with Gasteiger partial charge in [-0.15, -0.1) is 0 Å². The smallest absolute Gasteiger partial charge is 0.339 e. The van der Waals surface area contributed by atoms with Crippen LogP contribution < -0.4 is 0 Å². The van der Waals surface area contributed by atoms with Gasteiger partial charge in [0.25, 0.3) is 11.8 Å². The maximum absolute atomic E-state index is 14.1. The molecule has 0 saturated heterocycles. The summed E-state index contributed by atoms with van der Waals surface area (Å²) in [4.78, 5) is 46.7. The highest BCUT2D eigenvalue weighted by Crippen LogP contribution is 2.43. The minimum atomic E-state index is -1.03. The number of carbonyl (C=O) groups excluding carboxylic acids is 3. The van der Waals surface area contributed by atoms with E-state index in [0.29, 0.717) is 34.4 Å². The van der Waals surface area contributed by atoms with Gasteiger partial charge in [-0.25, -0.2) is 4.79 Å². The molecular weight excluding hydrogens is 502 g/mol. The van der Waals surface area contributed by atoms with Crippen molar-refractivity contribution in [1.82, 2.24) is 5.06 Å². The van der Waals surface area contributed by atoms with E-state index in [1.54, 1.807) is 36.4 Å². The molecule has 0 fully saturated rings. The molecule has 5 rings (SSSR count). The van der Waals surface area contributed by atoms with E-state index in [4.69, 9.17) is 4.84 Å². The Balaban J connectivity index is 1.47. The molecule has 1 N–H and O–H groups in total. The van der Waals surface area contributed by atoms with Crippen LogP contribution in [-0.2, 0) is 9.63 Å². The molecule has 1 aliphatic rings. The number of hydrogen-bond donors (Lipinski definition) is 1. The molecule has 0 spiro atoms. The summed E-state index contributed by atoms with van der Waals surface area (Å²) in [5, 5.41) is 11.8. The largest absolute Gasteiger partial charge is 0.508 e. The molecule has 6 nitrogen and oxygen atoms in total. The molecule has 6 heteroatoms. The molecule has 0 bridgehead atoms. The van der Waals surface area contributed by atoms with Crippen molar-refractivity contribution >= 4 is 28.6 Å². The molecule has 0 aromatic heterocycles. The highest BCUT2D eigenvalue weighted by Gasteiger charge is 2.43. The van der Waals surface area contributed by atoms with Gasteiger partial charge in [-0.1, -0.05) is 85.6 Å². The molecule has 2 amide bonds. The molecule has 3 atom stereocenters. The zero-order chi connectivity index (χ0) is 28.4. The summed E-state index contributed by atoms with van der Waals surface area (Å²) in [5.74, 6) is -1.74. The van der Waals surface area contributed by atoms with Crippen LogP contribution in [0.1, 0.15) is 83.7 Å². The van der Waals surface area contributed by atoms with Crippen LogP contribution >= 0.6 is 0 Å². The second-order valence-corrected chi connectivity index (χ2v) is 11.0. The number of benzene rings is 4. The Morgan fingerprint density at radius 2 is 1.43 bits per heavy atom. The van der Waals surface area contributed by atoms with E-state index in [9.17, 15) is 19.5 Å². The number of phenols is 1. The number of phenolic OH excluding ortho intramolecular Hbond substituents is 1. The van der Waals surface area contributed by atoms with Crippen LogP contribution in [0.4, 0.5) is 0 Å². The summed E-state index contributed by atoms with van der Waals surface area (Å²) < 4.78 is 0. The van der Waals surface area contributed by atoms with Crippen LogP contribution in [0.2, 0.25) is 0 Å². The standard InChI is InChI=1S/C34H33NO5/c1-4-23(25-16-18-27(36)19-17-25)21-34(3,20-22(2)24-10-6-5-7-11-24)33(39)40-35-31(37)28-14-8-12-26-13-9-15-29(30(26)28)32(35)38/h5-19,22-23,36H,4,20-21H2,1-3H3. The fraction of sp³-hybridized carbons (Fsp3) is 0.265. The van der Waals surface area contributed by atoms with Gasteiger partial charge in [-0.2, -0.15) is 0 Å². The zero-order valence-corrected chi connectivity index (χ0v) is 23.0. The van der Waals surface area contributed by atoms with Crippen LogP contribution in [-0.4, -0.2) is 28.0 Å². The average molecular weight is 536 g/mol. The van der Waals surface area contributed by atoms with Crippen molar-refractivity contribution in [3.8, 4) is 5.75 Å². The van der Waals surface area contributed by atoms with Crippen LogP contribution in [0.25, 0.3) is 10.8 Å². The summed E-state index contributed by atoms with van der Waals surface area (Å²) in [6.07, 6.45) is 1.64. The van der Waals surface area contributed by atoms with Crippen LogP contribution in [0.15, 0.2) is 91.0 Å². The molecule has 4 aromatic rings. The third-order valence-corrected chi connectivity index (χ3v) is 8.08. The molecule has 1 aliphatic heterocycles. The van der Waals surface area contributed by atoms with Crippen LogP contribution in [0.3, 0.4) is 0 Å². The maximum atomic E-state index is 14.1. The predicted octanol–water partition coefficient (Wildman–Crippen LogP) is 7.38. The molecule has 204 valence electrons. The highest BCUT2D eigenvalue weighted by atomic mass is 16.7. The number of hydroxylamine groups is 2. The summed E-state index contributed by atoms with van der Waals surface area (Å²) in [7, 11) is 0. The highest BCUT2D eigenvalue weighted by molar-refractivity contribution is 6.25. The van der Waals surface area contributed by atoms with Gasteiger partial charge in [0.05, 0.1) is 16.5 Å². The molecule has 40 heavy (non-hydrogen) atoms. The summed E-state index contributed by atoms with van der Waals surface area (Å²) in [5.41, 5.74) is 1.71. The van der Waals surface area contributed by atoms with Gasteiger partial charge in [0.1, 0.15) is 5.75 Å². The number of amides is 2. The van der Waals surface area contributed by atoms with Crippen molar-refractivity contribution in [1.29, 1.82) is 0 Å². The van der Waals surface area contributed by atoms with E-state index in [1.165, 1.54) is 0 Å². The Morgan fingerprint density at radius 3 is 2.00 bits per heavy atom. The van der Waals surface area contributed by atoms with Crippen molar-refractivity contribution in [2.75, 3.05) is 0 Å². The van der Waals surface area contributed by atoms with Crippen molar-refractivity contribution < 1.29 is 24.3 Å². The number of carbonyl (C=O) groups is 3. The first-order valence-electron chi connectivity index (χ1n) is 13.7. The number of aromatic hydroxyl groups is 1. The van der Waals surface area contributed by atoms with Gasteiger partial charge in [0, 0.05) is 5.39 Å². The first-order chi connectivity index (χ1) is 19.2. The quantitative estimate of drug-likeness (QED) is 0.226. The number of imide groups is 1. The molecule has 0 aliphatic carbocycles. The van der Waals surface area contributed by atoms with Crippen molar-refractivity contribution in [3.63, 3.8) is 0 Å². The van der Waals surface area contributed by atoms with Crippen LogP contribution in [0, 0.1) is 5.41 Å². The lowest BCUT2D eigenvalue weighted by molar-refractivity contribution is -0.182. The Labute approximate surface area is 234 Å². The third-order valence-electron chi connectivity index (χ3n) is 8.08. The lowest BCUT2D eigenvalue weighted by Gasteiger charge is -2.35. The third kappa shape index (κ3) is 5.09. The molecule has 1 heterocycles. The lowest BCUT2D eigenvalue weighted by atomic mass is 9.71. The Morgan fingerprint density at radius 1 is 0.825 bits per heavy atom. The van der Waals surface area contributed by atoms with Crippen molar-refractivity contribution in [2.24, 2.45) is 5.41 Å². The summed E-state index contributed by atoms with van der Waals surface area (Å²) >= 11 is 0. The topological polar surface area (TPSA) is 83.9 Å². The molecule has 3 unspecified atom stereocenters. The zero-order valence-electron chi connectivity index (χ0n) is 23.0. The van der Waals surface area contributed by atoms with E-state index in [0.717, 1.165) is 22.9 Å². The predicted molar refractivity (Wildman–Crippen MR) is 154 cm³/mol. The minimum Gasteiger partial charge on any atom is -0.508 e. The average Bonchev–Trinajstić information content (AvgIpc) is 2.97. The van der Waals surface area contributed by atoms with Gasteiger partial charge in [-0.05, 0) is 78.8 Å². The number of nitrogens with zero attached hydrogens (tertiary/aromatic N) is 1. The SMILES string of the molecule is CCC(CC(C)(CC(C)c1ccccc1)C(=O)ON1C(=O)c2cccc3cccc(c23)C1=O)c1ccc(O)cc1. The Hall–Kier alpha value is -4.45. The summed E-state index contributed by atoms with van der Waals surface area (Å²) in [6.45, 7) is 5.97. The normalized spacial score (nSPS) is 15.9. The van der Waals surface area contributed by atoms with Gasteiger partial charge >= 0.3 is 5.97 Å². The molecular formula is C34H33NO5. The molecule has 0 saturated carbocycles. The number of hydrogen-bond acceptors (Lipinski definition) is 5. The van der Waals surface area contributed by atoms with E-state index in [-0.39, 0.29) is 17.6 Å². The fourth-order valence-electron chi connectivity index (χ4n) is 5.90. The lowest BCUT2D eigenvalue weighted by Crippen LogP contribution is -2.45. The second-order valence-electron chi connectivity index (χ2n) is 11.0. The van der Waals surface area contributed by atoms with Crippen molar-refractivity contribution in [3.05, 3.63) is 113 Å². The minimum absolute atomic E-state index is 0.0108. The van der Waals surface area contributed by atoms with Gasteiger partial charge in [0.2, 0.25) is 0 Å². The first-order valence-corrected chi connectivity index (χ1v) is 13.7. The van der Waals surface area contributed by atoms with E-state index < -0.39 is 23.2 Å². The van der Waals surface area contributed by atoms with Crippen LogP contribution in [0.5, 0.6) is 5.75 Å². The summed E-state index contributed by atoms with van der Waals surface area (Å²) in [6, 6.07) is 27.5. The fourth-order valence-corrected chi connectivity index (χ4v) is 5.90. The van der Waals surface area contributed by atoms with E-state index in [2.05, 4.69) is 13.8 Å². The maximum Gasteiger partial charge on any atom is 0.339 e. The van der Waals surface area contributed by atoms with E-state index in [1.807, 2.05) is 61.5 Å². The second kappa shape index (κ2) is 11.0. The molecule has 0 radical (unpaired) electrons. The van der Waals surface area contributed by atoms with Gasteiger partial charge in [-0.3, -0.25) is 9.59 Å². The molecule has 4 aromatic carbocycles. The first kappa shape index (κ1) is 27.1. The van der Waals surface area contributed by atoms with Gasteiger partial charge in [0.15, 0.2) is 0 Å². The van der Waals surface area contributed by atoms with Gasteiger partial charge < -0.3 is 9.94 Å². The Kier molecular flexibility index (Phi) is 7.44.